The lowest BCUT2D eigenvalue weighted by Crippen LogP contribution is -2.23. The molecule has 0 aliphatic rings. The van der Waals surface area contributed by atoms with Crippen LogP contribution in [0, 0.1) is 5.41 Å². The van der Waals surface area contributed by atoms with Crippen LogP contribution in [0.5, 0.6) is 0 Å². The van der Waals surface area contributed by atoms with E-state index in [9.17, 15) is 0 Å². The molecule has 0 aromatic heterocycles. The monoisotopic (exact) mass is 338 g/mol. The van der Waals surface area contributed by atoms with Crippen LogP contribution in [0.4, 0.5) is 11.4 Å². The molecular formula is C18H22N6O. The van der Waals surface area contributed by atoms with E-state index in [0.717, 1.165) is 11.1 Å². The standard InChI is InChI=1S/C18H22N6O/c1-25-24-17-9-14(15(10-19)11-20)7-8-16(17)23-18(21)22-12-13-5-3-2-4-6-13/h2-11,19,24H,12,20H2,1H3,(H3,21,22,23)/b15-11+,19-10?. The Bertz CT molecular complexity index is 770. The Morgan fingerprint density at radius 3 is 2.60 bits per heavy atom. The van der Waals surface area contributed by atoms with Gasteiger partial charge in [0.15, 0.2) is 5.96 Å². The Labute approximate surface area is 146 Å². The molecule has 0 saturated carbocycles. The molecule has 0 radical (unpaired) electrons. The predicted molar refractivity (Wildman–Crippen MR) is 103 cm³/mol. The summed E-state index contributed by atoms with van der Waals surface area (Å²) in [7, 11) is 1.51. The molecule has 7 N–H and O–H groups in total. The number of guanidine groups is 1. The lowest BCUT2D eigenvalue weighted by atomic mass is 10.1. The van der Waals surface area contributed by atoms with Gasteiger partial charge in [0.25, 0.3) is 0 Å². The summed E-state index contributed by atoms with van der Waals surface area (Å²) in [6.07, 6.45) is 2.57. The third-order valence-electron chi connectivity index (χ3n) is 3.44. The first-order chi connectivity index (χ1) is 12.2. The van der Waals surface area contributed by atoms with E-state index < -0.39 is 0 Å². The molecule has 7 heteroatoms. The van der Waals surface area contributed by atoms with Crippen molar-refractivity contribution in [1.29, 1.82) is 5.41 Å². The summed E-state index contributed by atoms with van der Waals surface area (Å²) < 4.78 is 0. The fourth-order valence-corrected chi connectivity index (χ4v) is 2.19. The van der Waals surface area contributed by atoms with Gasteiger partial charge in [-0.15, -0.1) is 0 Å². The number of aliphatic imine (C=N–C) groups is 1. The van der Waals surface area contributed by atoms with Gasteiger partial charge in [0.05, 0.1) is 25.0 Å². The summed E-state index contributed by atoms with van der Waals surface area (Å²) in [5, 5.41) is 10.4. The van der Waals surface area contributed by atoms with Crippen LogP contribution in [0.15, 0.2) is 59.7 Å². The Morgan fingerprint density at radius 1 is 1.20 bits per heavy atom. The second-order valence-electron chi connectivity index (χ2n) is 5.14. The highest BCUT2D eigenvalue weighted by molar-refractivity contribution is 6.09. The third kappa shape index (κ3) is 5.08. The smallest absolute Gasteiger partial charge is 0.193 e. The van der Waals surface area contributed by atoms with Crippen LogP contribution in [0.25, 0.3) is 5.57 Å². The topological polar surface area (TPSA) is 122 Å². The molecule has 2 aromatic carbocycles. The summed E-state index contributed by atoms with van der Waals surface area (Å²) in [6.45, 7) is 0.485. The van der Waals surface area contributed by atoms with Crippen molar-refractivity contribution in [3.8, 4) is 0 Å². The van der Waals surface area contributed by atoms with Crippen LogP contribution in [0.3, 0.4) is 0 Å². The van der Waals surface area contributed by atoms with Crippen LogP contribution in [0.1, 0.15) is 11.1 Å². The van der Waals surface area contributed by atoms with Gasteiger partial charge in [0.2, 0.25) is 0 Å². The van der Waals surface area contributed by atoms with Gasteiger partial charge < -0.3 is 22.2 Å². The molecule has 2 aromatic rings. The summed E-state index contributed by atoms with van der Waals surface area (Å²) >= 11 is 0. The van der Waals surface area contributed by atoms with Crippen molar-refractivity contribution in [2.45, 2.75) is 6.54 Å². The Balaban J connectivity index is 2.18. The van der Waals surface area contributed by atoms with Crippen molar-refractivity contribution in [3.63, 3.8) is 0 Å². The van der Waals surface area contributed by atoms with Gasteiger partial charge in [-0.25, -0.2) is 4.99 Å². The highest BCUT2D eigenvalue weighted by Gasteiger charge is 2.07. The summed E-state index contributed by atoms with van der Waals surface area (Å²) in [5.74, 6) is 0.289. The van der Waals surface area contributed by atoms with Crippen LogP contribution in [-0.2, 0) is 11.4 Å². The molecule has 130 valence electrons. The maximum absolute atomic E-state index is 7.39. The van der Waals surface area contributed by atoms with Crippen molar-refractivity contribution < 1.29 is 4.84 Å². The van der Waals surface area contributed by atoms with Gasteiger partial charge in [0, 0.05) is 18.0 Å². The lowest BCUT2D eigenvalue weighted by Gasteiger charge is -2.14. The van der Waals surface area contributed by atoms with Gasteiger partial charge in [-0.1, -0.05) is 36.4 Å². The van der Waals surface area contributed by atoms with Crippen LogP contribution in [0.2, 0.25) is 0 Å². The highest BCUT2D eigenvalue weighted by atomic mass is 16.6. The minimum absolute atomic E-state index is 0.289. The zero-order valence-electron chi connectivity index (χ0n) is 14.0. The summed E-state index contributed by atoms with van der Waals surface area (Å²) in [6, 6.07) is 15.3. The molecule has 0 fully saturated rings. The summed E-state index contributed by atoms with van der Waals surface area (Å²) in [5.41, 5.74) is 18.1. The second-order valence-corrected chi connectivity index (χ2v) is 5.14. The minimum Gasteiger partial charge on any atom is -0.404 e. The van der Waals surface area contributed by atoms with E-state index in [-0.39, 0.29) is 5.96 Å². The molecule has 0 atom stereocenters. The predicted octanol–water partition coefficient (Wildman–Crippen LogP) is 2.54. The van der Waals surface area contributed by atoms with E-state index in [1.807, 2.05) is 42.5 Å². The Hall–Kier alpha value is -3.32. The van der Waals surface area contributed by atoms with Gasteiger partial charge in [-0.3, -0.25) is 10.3 Å². The van der Waals surface area contributed by atoms with E-state index in [0.29, 0.717) is 23.5 Å². The normalized spacial score (nSPS) is 11.9. The molecule has 0 saturated heterocycles. The number of nitrogens with one attached hydrogen (secondary N) is 3. The average molecular weight is 338 g/mol. The van der Waals surface area contributed by atoms with Crippen molar-refractivity contribution in [3.05, 3.63) is 65.9 Å². The molecular weight excluding hydrogens is 316 g/mol. The van der Waals surface area contributed by atoms with Crippen molar-refractivity contribution in [1.82, 2.24) is 0 Å². The lowest BCUT2D eigenvalue weighted by molar-refractivity contribution is 0.271. The SMILES string of the molecule is CONc1cc(/C(C=N)=C/N)ccc1NC(N)=NCc1ccccc1. The number of nitrogens with zero attached hydrogens (tertiary/aromatic N) is 1. The fourth-order valence-electron chi connectivity index (χ4n) is 2.19. The Morgan fingerprint density at radius 2 is 1.96 bits per heavy atom. The quantitative estimate of drug-likeness (QED) is 0.302. The molecule has 0 bridgehead atoms. The van der Waals surface area contributed by atoms with Crippen molar-refractivity contribution in [2.24, 2.45) is 16.5 Å². The second kappa shape index (κ2) is 9.09. The van der Waals surface area contributed by atoms with Crippen LogP contribution in [-0.4, -0.2) is 19.3 Å². The maximum atomic E-state index is 7.39. The number of hydrogen-bond donors (Lipinski definition) is 5. The molecule has 0 aliphatic carbocycles. The molecule has 25 heavy (non-hydrogen) atoms. The molecule has 0 aliphatic heterocycles. The first kappa shape index (κ1) is 18.0. The van der Waals surface area contributed by atoms with E-state index in [1.165, 1.54) is 19.5 Å². The molecule has 0 heterocycles. The first-order valence-corrected chi connectivity index (χ1v) is 7.64. The maximum Gasteiger partial charge on any atom is 0.193 e. The van der Waals surface area contributed by atoms with Crippen LogP contribution >= 0.6 is 0 Å². The average Bonchev–Trinajstić information content (AvgIpc) is 2.64. The zero-order chi connectivity index (χ0) is 18.1. The van der Waals surface area contributed by atoms with E-state index in [4.69, 9.17) is 21.7 Å². The molecule has 2 rings (SSSR count). The third-order valence-corrected chi connectivity index (χ3v) is 3.44. The van der Waals surface area contributed by atoms with Crippen LogP contribution < -0.4 is 22.3 Å². The molecule has 0 unspecified atom stereocenters. The number of hydrogen-bond acceptors (Lipinski definition) is 5. The molecule has 0 amide bonds. The fraction of sp³-hybridized carbons (Fsp3) is 0.111. The van der Waals surface area contributed by atoms with Gasteiger partial charge in [-0.05, 0) is 23.3 Å². The van der Waals surface area contributed by atoms with Crippen molar-refractivity contribution in [2.75, 3.05) is 17.9 Å². The van der Waals surface area contributed by atoms with E-state index in [2.05, 4.69) is 15.8 Å². The van der Waals surface area contributed by atoms with Gasteiger partial charge in [0.1, 0.15) is 0 Å². The van der Waals surface area contributed by atoms with E-state index >= 15 is 0 Å². The molecule has 0 spiro atoms. The highest BCUT2D eigenvalue weighted by Crippen LogP contribution is 2.26. The van der Waals surface area contributed by atoms with Gasteiger partial charge >= 0.3 is 0 Å². The largest absolute Gasteiger partial charge is 0.404 e. The minimum atomic E-state index is 0.289. The summed E-state index contributed by atoms with van der Waals surface area (Å²) in [4.78, 5) is 9.33. The van der Waals surface area contributed by atoms with Gasteiger partial charge in [-0.2, -0.15) is 0 Å². The van der Waals surface area contributed by atoms with E-state index in [1.54, 1.807) is 6.07 Å². The number of nitrogens with two attached hydrogens (primary N) is 2. The zero-order valence-corrected chi connectivity index (χ0v) is 14.0. The number of rotatable bonds is 7. The first-order valence-electron chi connectivity index (χ1n) is 7.64. The number of anilines is 2. The van der Waals surface area contributed by atoms with Crippen molar-refractivity contribution >= 4 is 29.1 Å². The number of allylic oxidation sites excluding steroid dienone is 1. The Kier molecular flexibility index (Phi) is 6.56. The molecule has 7 nitrogen and oxygen atoms in total. The number of benzene rings is 2.